The molecule has 0 fully saturated rings. The lowest BCUT2D eigenvalue weighted by atomic mass is 10.1. The molecule has 0 aliphatic heterocycles. The van der Waals surface area contributed by atoms with E-state index >= 15 is 0 Å². The highest BCUT2D eigenvalue weighted by molar-refractivity contribution is 7.99. The number of hydrogen-bond acceptors (Lipinski definition) is 7. The summed E-state index contributed by atoms with van der Waals surface area (Å²) in [6.45, 7) is 3.51. The van der Waals surface area contributed by atoms with Gasteiger partial charge in [0.15, 0.2) is 5.16 Å². The number of rotatable bonds is 3. The molecule has 0 aliphatic carbocycles. The molecule has 20 heavy (non-hydrogen) atoms. The first kappa shape index (κ1) is 14.1. The summed E-state index contributed by atoms with van der Waals surface area (Å²) in [5, 5.41) is 9.87. The van der Waals surface area contributed by atoms with Gasteiger partial charge in [-0.15, -0.1) is 0 Å². The molecule has 0 spiro atoms. The molecular weight excluding hydrogens is 278 g/mol. The zero-order chi connectivity index (χ0) is 14.9. The minimum absolute atomic E-state index is 0.130. The fraction of sp³-hybridized carbons (Fsp3) is 0.167. The normalized spacial score (nSPS) is 10.5. The molecule has 5 N–H and O–H groups in total. The largest absolute Gasteiger partial charge is 0.478 e. The van der Waals surface area contributed by atoms with Gasteiger partial charge in [0.25, 0.3) is 0 Å². The molecule has 0 radical (unpaired) electrons. The van der Waals surface area contributed by atoms with Crippen molar-refractivity contribution in [1.29, 1.82) is 0 Å². The average molecular weight is 291 g/mol. The Labute approximate surface area is 119 Å². The van der Waals surface area contributed by atoms with E-state index in [1.54, 1.807) is 19.9 Å². The molecule has 0 aromatic carbocycles. The highest BCUT2D eigenvalue weighted by atomic mass is 32.2. The van der Waals surface area contributed by atoms with Crippen molar-refractivity contribution in [3.05, 3.63) is 29.0 Å². The Balaban J connectivity index is 2.49. The molecule has 2 aromatic heterocycles. The summed E-state index contributed by atoms with van der Waals surface area (Å²) in [5.41, 5.74) is 12.7. The Morgan fingerprint density at radius 1 is 1.15 bits per heavy atom. The van der Waals surface area contributed by atoms with Gasteiger partial charge in [-0.25, -0.2) is 19.7 Å². The lowest BCUT2D eigenvalue weighted by Crippen LogP contribution is -2.06. The third-order valence-electron chi connectivity index (χ3n) is 2.46. The van der Waals surface area contributed by atoms with Crippen molar-refractivity contribution in [2.75, 3.05) is 11.5 Å². The van der Waals surface area contributed by atoms with E-state index in [0.29, 0.717) is 16.3 Å². The molecular formula is C12H13N5O2S. The summed E-state index contributed by atoms with van der Waals surface area (Å²) in [7, 11) is 0. The van der Waals surface area contributed by atoms with Gasteiger partial charge in [-0.2, -0.15) is 0 Å². The number of pyridine rings is 1. The number of nitrogens with two attached hydrogens (primary N) is 2. The Kier molecular flexibility index (Phi) is 3.75. The lowest BCUT2D eigenvalue weighted by Gasteiger charge is -2.09. The number of carboxylic acids is 1. The number of carbonyl (C=O) groups is 1. The molecule has 7 nitrogen and oxygen atoms in total. The second-order valence-corrected chi connectivity index (χ2v) is 5.12. The topological polar surface area (TPSA) is 128 Å². The maximum absolute atomic E-state index is 11.3. The fourth-order valence-electron chi connectivity index (χ4n) is 1.73. The third kappa shape index (κ3) is 2.97. The van der Waals surface area contributed by atoms with Gasteiger partial charge in [0.05, 0.1) is 5.56 Å². The first-order chi connectivity index (χ1) is 9.36. The van der Waals surface area contributed by atoms with E-state index in [9.17, 15) is 9.90 Å². The number of aryl methyl sites for hydroxylation is 2. The van der Waals surface area contributed by atoms with Crippen molar-refractivity contribution in [3.8, 4) is 0 Å². The summed E-state index contributed by atoms with van der Waals surface area (Å²) < 4.78 is 0. The maximum Gasteiger partial charge on any atom is 0.338 e. The van der Waals surface area contributed by atoms with Crippen LogP contribution in [0.1, 0.15) is 21.6 Å². The van der Waals surface area contributed by atoms with E-state index < -0.39 is 5.97 Å². The van der Waals surface area contributed by atoms with Gasteiger partial charge in [0, 0.05) is 11.8 Å². The van der Waals surface area contributed by atoms with Crippen LogP contribution < -0.4 is 11.5 Å². The van der Waals surface area contributed by atoms with Gasteiger partial charge in [-0.05, 0) is 37.2 Å². The SMILES string of the molecule is Cc1cc(C)c(C(=O)O)c(Sc2nc(N)cc(N)n2)n1. The highest BCUT2D eigenvalue weighted by Gasteiger charge is 2.18. The van der Waals surface area contributed by atoms with Crippen molar-refractivity contribution < 1.29 is 9.90 Å². The second kappa shape index (κ2) is 5.33. The summed E-state index contributed by atoms with van der Waals surface area (Å²) in [6.07, 6.45) is 0. The van der Waals surface area contributed by atoms with Crippen LogP contribution in [0.4, 0.5) is 11.6 Å². The van der Waals surface area contributed by atoms with Crippen LogP contribution in [0.3, 0.4) is 0 Å². The zero-order valence-corrected chi connectivity index (χ0v) is 11.7. The first-order valence-corrected chi connectivity index (χ1v) is 6.48. The molecule has 2 heterocycles. The standard InChI is InChI=1S/C12H13N5O2S/c1-5-3-6(2)15-10(9(5)11(18)19)20-12-16-7(13)4-8(14)17-12/h3-4H,1-2H3,(H,18,19)(H4,13,14,16,17). The van der Waals surface area contributed by atoms with Crippen LogP contribution in [0.2, 0.25) is 0 Å². The van der Waals surface area contributed by atoms with Crippen LogP contribution in [0, 0.1) is 13.8 Å². The summed E-state index contributed by atoms with van der Waals surface area (Å²) in [6, 6.07) is 3.14. The van der Waals surface area contributed by atoms with Crippen LogP contribution in [-0.2, 0) is 0 Å². The number of nitrogen functional groups attached to an aromatic ring is 2. The highest BCUT2D eigenvalue weighted by Crippen LogP contribution is 2.29. The predicted octanol–water partition coefficient (Wildman–Crippen LogP) is 1.50. The number of aromatic nitrogens is 3. The molecule has 104 valence electrons. The van der Waals surface area contributed by atoms with Crippen molar-refractivity contribution >= 4 is 29.4 Å². The van der Waals surface area contributed by atoms with Crippen molar-refractivity contribution in [2.24, 2.45) is 0 Å². The Morgan fingerprint density at radius 2 is 1.75 bits per heavy atom. The molecule has 0 atom stereocenters. The van der Waals surface area contributed by atoms with Gasteiger partial charge in [0.2, 0.25) is 0 Å². The molecule has 0 aliphatic rings. The average Bonchev–Trinajstić information content (AvgIpc) is 2.25. The molecule has 0 bridgehead atoms. The number of carboxylic acid groups (broad SMARTS) is 1. The van der Waals surface area contributed by atoms with Crippen LogP contribution in [0.25, 0.3) is 0 Å². The molecule has 0 saturated heterocycles. The van der Waals surface area contributed by atoms with Gasteiger partial charge in [0.1, 0.15) is 16.7 Å². The Bertz CT molecular complexity index is 670. The first-order valence-electron chi connectivity index (χ1n) is 5.66. The van der Waals surface area contributed by atoms with Crippen LogP contribution in [-0.4, -0.2) is 26.0 Å². The number of nitrogens with zero attached hydrogens (tertiary/aromatic N) is 3. The van der Waals surface area contributed by atoms with Gasteiger partial charge >= 0.3 is 5.97 Å². The minimum Gasteiger partial charge on any atom is -0.478 e. The van der Waals surface area contributed by atoms with E-state index in [4.69, 9.17) is 11.5 Å². The van der Waals surface area contributed by atoms with Gasteiger partial charge in [-0.3, -0.25) is 0 Å². The van der Waals surface area contributed by atoms with Crippen molar-refractivity contribution in [3.63, 3.8) is 0 Å². The second-order valence-electron chi connectivity index (χ2n) is 4.17. The fourth-order valence-corrected chi connectivity index (χ4v) is 2.75. The number of aromatic carboxylic acids is 1. The number of anilines is 2. The number of hydrogen-bond donors (Lipinski definition) is 3. The predicted molar refractivity (Wildman–Crippen MR) is 75.7 cm³/mol. The third-order valence-corrected chi connectivity index (χ3v) is 3.31. The van der Waals surface area contributed by atoms with Crippen molar-refractivity contribution in [1.82, 2.24) is 15.0 Å². The van der Waals surface area contributed by atoms with Gasteiger partial charge < -0.3 is 16.6 Å². The summed E-state index contributed by atoms with van der Waals surface area (Å²) >= 11 is 1.03. The molecule has 0 amide bonds. The molecule has 2 aromatic rings. The monoisotopic (exact) mass is 291 g/mol. The summed E-state index contributed by atoms with van der Waals surface area (Å²) in [5.74, 6) is -0.600. The Hall–Kier alpha value is -2.35. The summed E-state index contributed by atoms with van der Waals surface area (Å²) in [4.78, 5) is 23.6. The van der Waals surface area contributed by atoms with E-state index in [1.165, 1.54) is 6.07 Å². The van der Waals surface area contributed by atoms with Gasteiger partial charge in [-0.1, -0.05) is 0 Å². The Morgan fingerprint density at radius 3 is 2.30 bits per heavy atom. The van der Waals surface area contributed by atoms with Crippen LogP contribution in [0.5, 0.6) is 0 Å². The molecule has 2 rings (SSSR count). The van der Waals surface area contributed by atoms with Crippen molar-refractivity contribution in [2.45, 2.75) is 24.0 Å². The van der Waals surface area contributed by atoms with Crippen LogP contribution in [0.15, 0.2) is 22.3 Å². The van der Waals surface area contributed by atoms with E-state index in [-0.39, 0.29) is 22.4 Å². The van der Waals surface area contributed by atoms with Crippen LogP contribution >= 0.6 is 11.8 Å². The van der Waals surface area contributed by atoms with E-state index in [0.717, 1.165) is 11.8 Å². The molecule has 0 unspecified atom stereocenters. The molecule has 0 saturated carbocycles. The smallest absolute Gasteiger partial charge is 0.338 e. The lowest BCUT2D eigenvalue weighted by molar-refractivity contribution is 0.0691. The van der Waals surface area contributed by atoms with E-state index in [1.807, 2.05) is 0 Å². The zero-order valence-electron chi connectivity index (χ0n) is 10.9. The maximum atomic E-state index is 11.3. The minimum atomic E-state index is -1.05. The quantitative estimate of drug-likeness (QED) is 0.726. The molecule has 8 heteroatoms. The van der Waals surface area contributed by atoms with E-state index in [2.05, 4.69) is 15.0 Å².